The van der Waals surface area contributed by atoms with Crippen molar-refractivity contribution in [1.29, 1.82) is 0 Å². The number of anilines is 2. The standard InChI is InChI=1S/C22H17ClN8/c1-30(20-15-4-2-3-5-18(15)31-21(23)28-29-22(31)27-20)19-12-24-11-17(26-19)14-8-9-16(25-10-14)13-6-7-13/h2-5,8-13H,6-7H2,1H3. The van der Waals surface area contributed by atoms with Crippen molar-refractivity contribution in [3.8, 4) is 11.3 Å². The molecule has 0 atom stereocenters. The molecule has 1 fully saturated rings. The zero-order chi connectivity index (χ0) is 20.9. The largest absolute Gasteiger partial charge is 0.312 e. The average Bonchev–Trinajstić information content (AvgIpc) is 3.61. The second-order valence-electron chi connectivity index (χ2n) is 7.62. The summed E-state index contributed by atoms with van der Waals surface area (Å²) >= 11 is 6.23. The molecule has 6 rings (SSSR count). The Labute approximate surface area is 182 Å². The molecule has 0 N–H and O–H groups in total. The van der Waals surface area contributed by atoms with Gasteiger partial charge in [-0.25, -0.2) is 9.38 Å². The summed E-state index contributed by atoms with van der Waals surface area (Å²) in [7, 11) is 1.91. The molecule has 1 aliphatic carbocycles. The van der Waals surface area contributed by atoms with Crippen molar-refractivity contribution >= 4 is 39.9 Å². The number of fused-ring (bicyclic) bond motifs is 3. The highest BCUT2D eigenvalue weighted by molar-refractivity contribution is 6.29. The van der Waals surface area contributed by atoms with Gasteiger partial charge in [0.25, 0.3) is 5.78 Å². The molecule has 0 amide bonds. The fourth-order valence-corrected chi connectivity index (χ4v) is 3.95. The lowest BCUT2D eigenvalue weighted by atomic mass is 10.2. The Kier molecular flexibility index (Phi) is 4.07. The number of hydrogen-bond acceptors (Lipinski definition) is 7. The quantitative estimate of drug-likeness (QED) is 0.418. The van der Waals surface area contributed by atoms with Crippen LogP contribution < -0.4 is 4.90 Å². The number of halogens is 1. The molecule has 4 heterocycles. The summed E-state index contributed by atoms with van der Waals surface area (Å²) in [4.78, 5) is 20.4. The molecule has 1 aliphatic rings. The monoisotopic (exact) mass is 428 g/mol. The minimum atomic E-state index is 0.275. The predicted octanol–water partition coefficient (Wildman–Crippen LogP) is 4.43. The van der Waals surface area contributed by atoms with Gasteiger partial charge in [-0.15, -0.1) is 10.2 Å². The van der Waals surface area contributed by atoms with Gasteiger partial charge in [0.05, 0.1) is 23.6 Å². The number of rotatable bonds is 4. The van der Waals surface area contributed by atoms with E-state index in [1.165, 1.54) is 12.8 Å². The smallest absolute Gasteiger partial charge is 0.258 e. The van der Waals surface area contributed by atoms with Crippen molar-refractivity contribution in [3.05, 3.63) is 66.0 Å². The molecule has 152 valence electrons. The van der Waals surface area contributed by atoms with Gasteiger partial charge in [-0.3, -0.25) is 9.97 Å². The maximum absolute atomic E-state index is 6.23. The molecule has 0 spiro atoms. The molecule has 8 nitrogen and oxygen atoms in total. The molecular formula is C22H17ClN8. The van der Waals surface area contributed by atoms with E-state index in [0.29, 0.717) is 23.3 Å². The zero-order valence-electron chi connectivity index (χ0n) is 16.6. The summed E-state index contributed by atoms with van der Waals surface area (Å²) in [5, 5.41) is 9.24. The maximum atomic E-state index is 6.23. The molecule has 0 aliphatic heterocycles. The summed E-state index contributed by atoms with van der Waals surface area (Å²) in [6, 6.07) is 12.0. The van der Waals surface area contributed by atoms with E-state index in [-0.39, 0.29) is 5.28 Å². The van der Waals surface area contributed by atoms with Crippen molar-refractivity contribution in [2.24, 2.45) is 0 Å². The second kappa shape index (κ2) is 6.95. The number of benzene rings is 1. The third-order valence-electron chi connectivity index (χ3n) is 5.56. The molecule has 0 bridgehead atoms. The van der Waals surface area contributed by atoms with E-state index in [4.69, 9.17) is 21.6 Å². The molecule has 9 heteroatoms. The maximum Gasteiger partial charge on any atom is 0.258 e. The first-order chi connectivity index (χ1) is 15.2. The Morgan fingerprint density at radius 2 is 1.87 bits per heavy atom. The Morgan fingerprint density at radius 3 is 2.68 bits per heavy atom. The Hall–Kier alpha value is -3.65. The topological polar surface area (TPSA) is 85.0 Å². The molecular weight excluding hydrogens is 412 g/mol. The normalized spacial score (nSPS) is 13.7. The molecule has 1 saturated carbocycles. The van der Waals surface area contributed by atoms with Crippen molar-refractivity contribution in [2.45, 2.75) is 18.8 Å². The summed E-state index contributed by atoms with van der Waals surface area (Å²) in [6.45, 7) is 0. The lowest BCUT2D eigenvalue weighted by Crippen LogP contribution is -2.15. The predicted molar refractivity (Wildman–Crippen MR) is 119 cm³/mol. The van der Waals surface area contributed by atoms with Gasteiger partial charge in [0.15, 0.2) is 5.82 Å². The van der Waals surface area contributed by atoms with Crippen LogP contribution in [0, 0.1) is 0 Å². The van der Waals surface area contributed by atoms with Gasteiger partial charge < -0.3 is 4.90 Å². The van der Waals surface area contributed by atoms with Crippen LogP contribution in [0.25, 0.3) is 27.9 Å². The van der Waals surface area contributed by atoms with Crippen LogP contribution in [0.4, 0.5) is 11.6 Å². The van der Waals surface area contributed by atoms with Crippen LogP contribution in [0.3, 0.4) is 0 Å². The number of hydrogen-bond donors (Lipinski definition) is 0. The number of nitrogens with zero attached hydrogens (tertiary/aromatic N) is 8. The van der Waals surface area contributed by atoms with Crippen molar-refractivity contribution in [3.63, 3.8) is 0 Å². The first kappa shape index (κ1) is 18.1. The van der Waals surface area contributed by atoms with Crippen LogP contribution in [0.1, 0.15) is 24.5 Å². The molecule has 31 heavy (non-hydrogen) atoms. The van der Waals surface area contributed by atoms with Crippen LogP contribution in [0.5, 0.6) is 0 Å². The minimum absolute atomic E-state index is 0.275. The molecule has 5 aromatic rings. The molecule has 0 unspecified atom stereocenters. The summed E-state index contributed by atoms with van der Waals surface area (Å²) in [5.74, 6) is 2.41. The minimum Gasteiger partial charge on any atom is -0.312 e. The first-order valence-corrected chi connectivity index (χ1v) is 10.4. The summed E-state index contributed by atoms with van der Waals surface area (Å²) in [5.41, 5.74) is 3.72. The van der Waals surface area contributed by atoms with E-state index in [9.17, 15) is 0 Å². The van der Waals surface area contributed by atoms with Gasteiger partial charge >= 0.3 is 0 Å². The van der Waals surface area contributed by atoms with Crippen molar-refractivity contribution < 1.29 is 0 Å². The van der Waals surface area contributed by atoms with Crippen LogP contribution >= 0.6 is 11.6 Å². The van der Waals surface area contributed by atoms with Crippen molar-refractivity contribution in [2.75, 3.05) is 11.9 Å². The van der Waals surface area contributed by atoms with Crippen LogP contribution in [0.15, 0.2) is 55.0 Å². The van der Waals surface area contributed by atoms with E-state index in [1.807, 2.05) is 42.4 Å². The van der Waals surface area contributed by atoms with Gasteiger partial charge in [-0.1, -0.05) is 12.1 Å². The van der Waals surface area contributed by atoms with Gasteiger partial charge in [0.2, 0.25) is 5.28 Å². The van der Waals surface area contributed by atoms with Gasteiger partial charge in [-0.05, 0) is 48.7 Å². The molecule has 4 aromatic heterocycles. The zero-order valence-corrected chi connectivity index (χ0v) is 17.4. The van der Waals surface area contributed by atoms with Crippen LogP contribution in [0.2, 0.25) is 5.28 Å². The van der Waals surface area contributed by atoms with Gasteiger partial charge in [0, 0.05) is 35.8 Å². The third kappa shape index (κ3) is 3.07. The highest BCUT2D eigenvalue weighted by Gasteiger charge is 2.24. The van der Waals surface area contributed by atoms with E-state index in [1.54, 1.807) is 16.8 Å². The second-order valence-corrected chi connectivity index (χ2v) is 7.96. The van der Waals surface area contributed by atoms with Crippen LogP contribution in [-0.2, 0) is 0 Å². The van der Waals surface area contributed by atoms with E-state index in [0.717, 1.165) is 27.9 Å². The fraction of sp³-hybridized carbons (Fsp3) is 0.182. The Bertz CT molecular complexity index is 1430. The van der Waals surface area contributed by atoms with E-state index < -0.39 is 0 Å². The number of aromatic nitrogens is 7. The van der Waals surface area contributed by atoms with Gasteiger partial charge in [-0.2, -0.15) is 4.98 Å². The van der Waals surface area contributed by atoms with Crippen molar-refractivity contribution in [1.82, 2.24) is 34.5 Å². The third-order valence-corrected chi connectivity index (χ3v) is 5.80. The van der Waals surface area contributed by atoms with Crippen LogP contribution in [-0.4, -0.2) is 41.6 Å². The summed E-state index contributed by atoms with van der Waals surface area (Å²) < 4.78 is 1.73. The van der Waals surface area contributed by atoms with E-state index in [2.05, 4.69) is 32.3 Å². The first-order valence-electron chi connectivity index (χ1n) is 10.0. The summed E-state index contributed by atoms with van der Waals surface area (Å²) in [6.07, 6.45) is 7.80. The number of pyridine rings is 1. The number of para-hydroxylation sites is 1. The highest BCUT2D eigenvalue weighted by atomic mass is 35.5. The fourth-order valence-electron chi connectivity index (χ4n) is 3.75. The van der Waals surface area contributed by atoms with Gasteiger partial charge in [0.1, 0.15) is 5.82 Å². The Morgan fingerprint density at radius 1 is 1.00 bits per heavy atom. The molecule has 1 aromatic carbocycles. The molecule has 0 radical (unpaired) electrons. The lowest BCUT2D eigenvalue weighted by Gasteiger charge is -2.19. The highest BCUT2D eigenvalue weighted by Crippen LogP contribution is 2.39. The lowest BCUT2D eigenvalue weighted by molar-refractivity contribution is 1.02. The molecule has 0 saturated heterocycles. The average molecular weight is 429 g/mol. The SMILES string of the molecule is CN(c1cncc(-c2ccc(C3CC3)nc2)n1)c1nc2nnc(Cl)n2c2ccccc12. The Balaban J connectivity index is 1.43. The van der Waals surface area contributed by atoms with E-state index >= 15 is 0 Å².